The molecule has 1 N–H and O–H groups in total. The molecule has 1 rings (SSSR count). The largest absolute Gasteiger partial charge is 0.467 e. The normalized spacial score (nSPS) is 11.5. The summed E-state index contributed by atoms with van der Waals surface area (Å²) in [6, 6.07) is 2.39. The molecule has 20 heavy (non-hydrogen) atoms. The Morgan fingerprint density at radius 3 is 2.70 bits per heavy atom. The number of ketones is 1. The van der Waals surface area contributed by atoms with Crippen molar-refractivity contribution in [1.82, 2.24) is 10.3 Å². The molecule has 0 fully saturated rings. The number of aromatic nitrogens is 1. The van der Waals surface area contributed by atoms with Crippen molar-refractivity contribution in [2.75, 3.05) is 7.11 Å². The highest BCUT2D eigenvalue weighted by Crippen LogP contribution is 2.05. The third-order valence-corrected chi connectivity index (χ3v) is 2.82. The fraction of sp³-hybridized carbons (Fsp3) is 0.429. The van der Waals surface area contributed by atoms with E-state index in [0.29, 0.717) is 12.0 Å². The number of hydrogen-bond acceptors (Lipinski definition) is 5. The molecule has 0 spiro atoms. The van der Waals surface area contributed by atoms with E-state index < -0.39 is 17.9 Å². The van der Waals surface area contributed by atoms with Gasteiger partial charge in [-0.25, -0.2) is 4.79 Å². The van der Waals surface area contributed by atoms with Crippen molar-refractivity contribution in [3.63, 3.8) is 0 Å². The molecule has 0 aromatic carbocycles. The maximum Gasteiger partial charge on any atom is 0.328 e. The number of ether oxygens (including phenoxy) is 1. The van der Waals surface area contributed by atoms with Gasteiger partial charge in [-0.3, -0.25) is 14.6 Å². The molecular formula is C14H18N2O4. The van der Waals surface area contributed by atoms with Gasteiger partial charge in [0.1, 0.15) is 11.8 Å². The molecule has 0 aliphatic rings. The third kappa shape index (κ3) is 4.79. The first-order chi connectivity index (χ1) is 9.58. The van der Waals surface area contributed by atoms with E-state index in [-0.39, 0.29) is 18.6 Å². The van der Waals surface area contributed by atoms with Gasteiger partial charge in [-0.05, 0) is 18.6 Å². The van der Waals surface area contributed by atoms with Crippen molar-refractivity contribution < 1.29 is 19.1 Å². The number of Topliss-reactive ketones (excluding diaryl/α,β-unsaturated/α-hetero) is 1. The molecule has 0 aliphatic heterocycles. The van der Waals surface area contributed by atoms with Crippen molar-refractivity contribution >= 4 is 17.7 Å². The molecule has 1 amide bonds. The van der Waals surface area contributed by atoms with E-state index in [1.165, 1.54) is 13.3 Å². The summed E-state index contributed by atoms with van der Waals surface area (Å²) >= 11 is 0. The smallest absolute Gasteiger partial charge is 0.328 e. The second-order valence-electron chi connectivity index (χ2n) is 4.22. The highest BCUT2D eigenvalue weighted by atomic mass is 16.5. The summed E-state index contributed by atoms with van der Waals surface area (Å²) < 4.78 is 4.63. The fourth-order valence-corrected chi connectivity index (χ4v) is 1.61. The lowest BCUT2D eigenvalue weighted by atomic mass is 10.1. The van der Waals surface area contributed by atoms with E-state index in [2.05, 4.69) is 15.0 Å². The summed E-state index contributed by atoms with van der Waals surface area (Å²) in [5.74, 6) is -0.946. The molecule has 1 heterocycles. The third-order valence-electron chi connectivity index (χ3n) is 2.82. The van der Waals surface area contributed by atoms with Crippen LogP contribution in [0.5, 0.6) is 0 Å². The molecule has 1 atom stereocenters. The second-order valence-corrected chi connectivity index (χ2v) is 4.22. The first-order valence-electron chi connectivity index (χ1n) is 6.38. The van der Waals surface area contributed by atoms with Crippen LogP contribution < -0.4 is 5.32 Å². The van der Waals surface area contributed by atoms with Crippen LogP contribution >= 0.6 is 0 Å². The zero-order valence-corrected chi connectivity index (χ0v) is 11.6. The lowest BCUT2D eigenvalue weighted by Gasteiger charge is -2.15. The predicted octanol–water partition coefficient (Wildman–Crippen LogP) is 1.11. The van der Waals surface area contributed by atoms with E-state index in [1.807, 2.05) is 0 Å². The Bertz CT molecular complexity index is 473. The van der Waals surface area contributed by atoms with Crippen LogP contribution in [-0.2, 0) is 14.3 Å². The lowest BCUT2D eigenvalue weighted by molar-refractivity contribution is -0.143. The number of methoxy groups -OCH3 is 1. The number of rotatable bonds is 7. The van der Waals surface area contributed by atoms with E-state index in [4.69, 9.17) is 0 Å². The number of esters is 1. The van der Waals surface area contributed by atoms with Gasteiger partial charge >= 0.3 is 5.97 Å². The Labute approximate surface area is 117 Å². The monoisotopic (exact) mass is 278 g/mol. The molecule has 0 saturated heterocycles. The number of carbonyl (C=O) groups is 3. The highest BCUT2D eigenvalue weighted by molar-refractivity contribution is 5.96. The Balaban J connectivity index is 2.67. The van der Waals surface area contributed by atoms with Crippen molar-refractivity contribution in [3.8, 4) is 0 Å². The lowest BCUT2D eigenvalue weighted by Crippen LogP contribution is -2.41. The summed E-state index contributed by atoms with van der Waals surface area (Å²) in [6.45, 7) is 1.75. The van der Waals surface area contributed by atoms with Gasteiger partial charge in [0.05, 0.1) is 12.7 Å². The highest BCUT2D eigenvalue weighted by Gasteiger charge is 2.22. The average Bonchev–Trinajstić information content (AvgIpc) is 2.50. The molecule has 6 nitrogen and oxygen atoms in total. The van der Waals surface area contributed by atoms with Gasteiger partial charge in [0.15, 0.2) is 0 Å². The van der Waals surface area contributed by atoms with Crippen molar-refractivity contribution in [2.45, 2.75) is 32.2 Å². The van der Waals surface area contributed by atoms with Crippen molar-refractivity contribution in [2.24, 2.45) is 0 Å². The molecule has 0 bridgehead atoms. The molecule has 1 aromatic heterocycles. The topological polar surface area (TPSA) is 85.4 Å². The number of nitrogens with zero attached hydrogens (tertiary/aromatic N) is 1. The molecule has 0 aliphatic carbocycles. The zero-order chi connectivity index (χ0) is 15.0. The summed E-state index contributed by atoms with van der Waals surface area (Å²) in [6.07, 6.45) is 3.81. The quantitative estimate of drug-likeness (QED) is 0.755. The van der Waals surface area contributed by atoms with E-state index >= 15 is 0 Å². The van der Waals surface area contributed by atoms with Crippen LogP contribution in [0.25, 0.3) is 0 Å². The SMILES string of the molecule is CCC(=O)CC[C@H](NC(=O)c1cccnc1)C(=O)OC. The van der Waals surface area contributed by atoms with Crippen LogP contribution in [0.2, 0.25) is 0 Å². The Kier molecular flexibility index (Phi) is 6.36. The number of hydrogen-bond donors (Lipinski definition) is 1. The van der Waals surface area contributed by atoms with Gasteiger partial charge in [-0.15, -0.1) is 0 Å². The molecule has 0 radical (unpaired) electrons. The van der Waals surface area contributed by atoms with E-state index in [9.17, 15) is 14.4 Å². The molecule has 0 saturated carbocycles. The predicted molar refractivity (Wildman–Crippen MR) is 72.0 cm³/mol. The van der Waals surface area contributed by atoms with Gasteiger partial charge in [-0.1, -0.05) is 6.92 Å². The van der Waals surface area contributed by atoms with Gasteiger partial charge in [0.2, 0.25) is 0 Å². The van der Waals surface area contributed by atoms with Crippen LogP contribution in [-0.4, -0.2) is 35.8 Å². The minimum atomic E-state index is -0.830. The molecule has 0 unspecified atom stereocenters. The average molecular weight is 278 g/mol. The molecule has 6 heteroatoms. The number of carbonyl (C=O) groups excluding carboxylic acids is 3. The van der Waals surface area contributed by atoms with Crippen molar-refractivity contribution in [1.29, 1.82) is 0 Å². The Morgan fingerprint density at radius 1 is 1.40 bits per heavy atom. The van der Waals surface area contributed by atoms with E-state index in [0.717, 1.165) is 0 Å². The van der Waals surface area contributed by atoms with Gasteiger partial charge < -0.3 is 10.1 Å². The molecule has 108 valence electrons. The van der Waals surface area contributed by atoms with Crippen LogP contribution in [0.15, 0.2) is 24.5 Å². The van der Waals surface area contributed by atoms with Crippen LogP contribution in [0, 0.1) is 0 Å². The van der Waals surface area contributed by atoms with Crippen molar-refractivity contribution in [3.05, 3.63) is 30.1 Å². The number of nitrogens with one attached hydrogen (secondary N) is 1. The van der Waals surface area contributed by atoms with E-state index in [1.54, 1.807) is 25.3 Å². The summed E-state index contributed by atoms with van der Waals surface area (Å²) in [5.41, 5.74) is 0.350. The number of amides is 1. The molecule has 1 aromatic rings. The first kappa shape index (κ1) is 15.8. The maximum atomic E-state index is 11.9. The maximum absolute atomic E-state index is 11.9. The summed E-state index contributed by atoms with van der Waals surface area (Å²) in [7, 11) is 1.24. The second kappa shape index (κ2) is 8.04. The van der Waals surface area contributed by atoms with Crippen LogP contribution in [0.4, 0.5) is 0 Å². The van der Waals surface area contributed by atoms with Gasteiger partial charge in [0.25, 0.3) is 5.91 Å². The Hall–Kier alpha value is -2.24. The van der Waals surface area contributed by atoms with Gasteiger partial charge in [0, 0.05) is 25.2 Å². The minimum Gasteiger partial charge on any atom is -0.467 e. The summed E-state index contributed by atoms with van der Waals surface area (Å²) in [4.78, 5) is 38.7. The zero-order valence-electron chi connectivity index (χ0n) is 11.6. The standard InChI is InChI=1S/C14H18N2O4/c1-3-11(17)6-7-12(14(19)20-2)16-13(18)10-5-4-8-15-9-10/h4-5,8-9,12H,3,6-7H2,1-2H3,(H,16,18)/t12-/m0/s1. The number of pyridine rings is 1. The molecular weight excluding hydrogens is 260 g/mol. The summed E-state index contributed by atoms with van der Waals surface area (Å²) in [5, 5.41) is 2.56. The fourth-order valence-electron chi connectivity index (χ4n) is 1.61. The van der Waals surface area contributed by atoms with Crippen LogP contribution in [0.3, 0.4) is 0 Å². The van der Waals surface area contributed by atoms with Gasteiger partial charge in [-0.2, -0.15) is 0 Å². The Morgan fingerprint density at radius 2 is 2.15 bits per heavy atom. The first-order valence-corrected chi connectivity index (χ1v) is 6.38. The van der Waals surface area contributed by atoms with Crippen LogP contribution in [0.1, 0.15) is 36.5 Å². The minimum absolute atomic E-state index is 0.0366.